The molecule has 2 aromatic rings. The van der Waals surface area contributed by atoms with Gasteiger partial charge in [0.2, 0.25) is 0 Å². The molecule has 1 amide bonds. The number of halogens is 2. The molecule has 0 aliphatic heterocycles. The second kappa shape index (κ2) is 9.57. The fourth-order valence-electron chi connectivity index (χ4n) is 2.54. The van der Waals surface area contributed by atoms with Gasteiger partial charge in [0.1, 0.15) is 6.04 Å². The Morgan fingerprint density at radius 2 is 1.62 bits per heavy atom. The number of esters is 1. The second-order valence-corrected chi connectivity index (χ2v) is 6.33. The van der Waals surface area contributed by atoms with E-state index in [4.69, 9.17) is 32.7 Å². The zero-order valence-corrected chi connectivity index (χ0v) is 15.9. The highest BCUT2D eigenvalue weighted by Gasteiger charge is 2.28. The van der Waals surface area contributed by atoms with Gasteiger partial charge >= 0.3 is 5.97 Å². The molecule has 0 spiro atoms. The van der Waals surface area contributed by atoms with Crippen molar-refractivity contribution < 1.29 is 19.1 Å². The van der Waals surface area contributed by atoms with Crippen molar-refractivity contribution in [3.63, 3.8) is 0 Å². The molecule has 0 bridgehead atoms. The molecule has 0 heterocycles. The van der Waals surface area contributed by atoms with Gasteiger partial charge in [-0.15, -0.1) is 0 Å². The molecule has 138 valence electrons. The topological polar surface area (TPSA) is 64.6 Å². The normalized spacial score (nSPS) is 12.9. The molecule has 2 aromatic carbocycles. The van der Waals surface area contributed by atoms with Crippen molar-refractivity contribution in [3.05, 3.63) is 69.7 Å². The van der Waals surface area contributed by atoms with Crippen molar-refractivity contribution in [3.8, 4) is 0 Å². The van der Waals surface area contributed by atoms with Crippen molar-refractivity contribution in [1.29, 1.82) is 0 Å². The zero-order chi connectivity index (χ0) is 19.1. The number of hydrogen-bond donors (Lipinski definition) is 1. The van der Waals surface area contributed by atoms with Crippen LogP contribution in [0.25, 0.3) is 0 Å². The van der Waals surface area contributed by atoms with Crippen molar-refractivity contribution >= 4 is 35.1 Å². The zero-order valence-electron chi connectivity index (χ0n) is 14.4. The fourth-order valence-corrected chi connectivity index (χ4v) is 3.09. The molecule has 1 N–H and O–H groups in total. The van der Waals surface area contributed by atoms with Crippen LogP contribution in [0, 0.1) is 0 Å². The number of carbonyl (C=O) groups is 2. The first-order valence-electron chi connectivity index (χ1n) is 7.86. The van der Waals surface area contributed by atoms with E-state index in [1.54, 1.807) is 42.5 Å². The average Bonchev–Trinajstić information content (AvgIpc) is 2.64. The van der Waals surface area contributed by atoms with Crippen LogP contribution >= 0.6 is 23.2 Å². The lowest BCUT2D eigenvalue weighted by Crippen LogP contribution is -2.45. The highest BCUT2D eigenvalue weighted by Crippen LogP contribution is 2.26. The molecule has 7 heteroatoms. The molecular formula is C19H19Cl2NO4. The molecule has 0 radical (unpaired) electrons. The van der Waals surface area contributed by atoms with Crippen molar-refractivity contribution in [2.45, 2.75) is 18.6 Å². The Balaban J connectivity index is 2.22. The standard InChI is InChI=1S/C19H19Cl2NO4/c1-25-17(12-7-4-3-5-8-12)18(23)22-16(19(24)26-2)11-13-14(20)9-6-10-15(13)21/h3-10,16-17H,11H2,1-2H3,(H,22,23)/t16-,17-/m0/s1. The predicted molar refractivity (Wildman–Crippen MR) is 100 cm³/mol. The Kier molecular flexibility index (Phi) is 7.45. The van der Waals surface area contributed by atoms with Crippen LogP contribution in [0.15, 0.2) is 48.5 Å². The summed E-state index contributed by atoms with van der Waals surface area (Å²) in [6, 6.07) is 13.1. The minimum Gasteiger partial charge on any atom is -0.467 e. The summed E-state index contributed by atoms with van der Waals surface area (Å²) < 4.78 is 10.1. The Hall–Kier alpha value is -2.08. The molecule has 0 saturated carbocycles. The smallest absolute Gasteiger partial charge is 0.328 e. The number of ether oxygens (including phenoxy) is 2. The third kappa shape index (κ3) is 4.97. The number of nitrogens with one attached hydrogen (secondary N) is 1. The summed E-state index contributed by atoms with van der Waals surface area (Å²) in [6.45, 7) is 0. The van der Waals surface area contributed by atoms with Gasteiger partial charge in [0.15, 0.2) is 6.10 Å². The van der Waals surface area contributed by atoms with Crippen LogP contribution in [-0.2, 0) is 25.5 Å². The monoisotopic (exact) mass is 395 g/mol. The molecule has 0 aromatic heterocycles. The Morgan fingerprint density at radius 3 is 2.15 bits per heavy atom. The summed E-state index contributed by atoms with van der Waals surface area (Å²) in [4.78, 5) is 24.8. The van der Waals surface area contributed by atoms with Gasteiger partial charge in [0.25, 0.3) is 5.91 Å². The molecule has 0 saturated heterocycles. The van der Waals surface area contributed by atoms with Gasteiger partial charge in [0.05, 0.1) is 7.11 Å². The van der Waals surface area contributed by atoms with Crippen LogP contribution in [0.2, 0.25) is 10.0 Å². The van der Waals surface area contributed by atoms with Crippen LogP contribution in [0.1, 0.15) is 17.2 Å². The summed E-state index contributed by atoms with van der Waals surface area (Å²) >= 11 is 12.3. The molecule has 2 rings (SSSR count). The van der Waals surface area contributed by atoms with Crippen LogP contribution in [0.5, 0.6) is 0 Å². The lowest BCUT2D eigenvalue weighted by atomic mass is 10.0. The summed E-state index contributed by atoms with van der Waals surface area (Å²) in [5, 5.41) is 3.48. The number of carbonyl (C=O) groups excluding carboxylic acids is 2. The van der Waals surface area contributed by atoms with E-state index in [9.17, 15) is 9.59 Å². The minimum atomic E-state index is -0.953. The van der Waals surface area contributed by atoms with E-state index in [1.165, 1.54) is 14.2 Å². The fraction of sp³-hybridized carbons (Fsp3) is 0.263. The number of benzene rings is 2. The molecule has 0 fully saturated rings. The van der Waals surface area contributed by atoms with E-state index in [2.05, 4.69) is 5.32 Å². The van der Waals surface area contributed by atoms with Crippen molar-refractivity contribution in [1.82, 2.24) is 5.32 Å². The molecule has 2 atom stereocenters. The van der Waals surface area contributed by atoms with Gasteiger partial charge in [0, 0.05) is 23.6 Å². The highest BCUT2D eigenvalue weighted by atomic mass is 35.5. The third-order valence-electron chi connectivity index (χ3n) is 3.85. The summed E-state index contributed by atoms with van der Waals surface area (Å²) in [5.74, 6) is -1.06. The van der Waals surface area contributed by atoms with Crippen molar-refractivity contribution in [2.24, 2.45) is 0 Å². The number of rotatable bonds is 7. The van der Waals surface area contributed by atoms with E-state index < -0.39 is 24.0 Å². The first kappa shape index (κ1) is 20.2. The molecule has 0 unspecified atom stereocenters. The first-order chi connectivity index (χ1) is 12.5. The summed E-state index contributed by atoms with van der Waals surface area (Å²) in [7, 11) is 2.68. The van der Waals surface area contributed by atoms with Gasteiger partial charge in [-0.25, -0.2) is 4.79 Å². The summed E-state index contributed by atoms with van der Waals surface area (Å²) in [5.41, 5.74) is 1.23. The van der Waals surface area contributed by atoms with E-state index in [1.807, 2.05) is 6.07 Å². The maximum atomic E-state index is 12.7. The molecule has 26 heavy (non-hydrogen) atoms. The van der Waals surface area contributed by atoms with Crippen LogP contribution in [0.4, 0.5) is 0 Å². The number of methoxy groups -OCH3 is 2. The Labute approximate surface area is 162 Å². The van der Waals surface area contributed by atoms with Gasteiger partial charge in [-0.05, 0) is 23.3 Å². The minimum absolute atomic E-state index is 0.0993. The average molecular weight is 396 g/mol. The first-order valence-corrected chi connectivity index (χ1v) is 8.62. The van der Waals surface area contributed by atoms with E-state index >= 15 is 0 Å². The quantitative estimate of drug-likeness (QED) is 0.727. The second-order valence-electron chi connectivity index (χ2n) is 5.52. The van der Waals surface area contributed by atoms with E-state index in [0.717, 1.165) is 0 Å². The number of hydrogen-bond acceptors (Lipinski definition) is 4. The van der Waals surface area contributed by atoms with Gasteiger partial charge in [-0.1, -0.05) is 59.6 Å². The maximum absolute atomic E-state index is 12.7. The molecule has 0 aliphatic rings. The largest absolute Gasteiger partial charge is 0.467 e. The highest BCUT2D eigenvalue weighted by molar-refractivity contribution is 6.36. The van der Waals surface area contributed by atoms with Crippen molar-refractivity contribution in [2.75, 3.05) is 14.2 Å². The van der Waals surface area contributed by atoms with E-state index in [-0.39, 0.29) is 6.42 Å². The predicted octanol–water partition coefficient (Wildman–Crippen LogP) is 3.58. The lowest BCUT2D eigenvalue weighted by Gasteiger charge is -2.21. The molecular weight excluding hydrogens is 377 g/mol. The van der Waals surface area contributed by atoms with Crippen LogP contribution < -0.4 is 5.32 Å². The lowest BCUT2D eigenvalue weighted by molar-refractivity contribution is -0.146. The Morgan fingerprint density at radius 1 is 1.00 bits per heavy atom. The van der Waals surface area contributed by atoms with Crippen LogP contribution in [-0.4, -0.2) is 32.1 Å². The van der Waals surface area contributed by atoms with Gasteiger partial charge < -0.3 is 14.8 Å². The van der Waals surface area contributed by atoms with Gasteiger partial charge in [-0.2, -0.15) is 0 Å². The Bertz CT molecular complexity index is 747. The maximum Gasteiger partial charge on any atom is 0.328 e. The third-order valence-corrected chi connectivity index (χ3v) is 4.56. The van der Waals surface area contributed by atoms with Crippen LogP contribution in [0.3, 0.4) is 0 Å². The number of amides is 1. The molecule has 0 aliphatic carbocycles. The van der Waals surface area contributed by atoms with Gasteiger partial charge in [-0.3, -0.25) is 4.79 Å². The SMILES string of the molecule is COC(=O)[C@H](Cc1c(Cl)cccc1Cl)NC(=O)[C@@H](OC)c1ccccc1. The van der Waals surface area contributed by atoms with E-state index in [0.29, 0.717) is 21.2 Å². The summed E-state index contributed by atoms with van der Waals surface area (Å²) in [6.07, 6.45) is -0.757. The molecule has 5 nitrogen and oxygen atoms in total.